The van der Waals surface area contributed by atoms with Gasteiger partial charge in [0.05, 0.1) is 47.4 Å². The third-order valence-corrected chi connectivity index (χ3v) is 3.54. The number of hydrogen-bond donors (Lipinski definition) is 2. The molecule has 1 aromatic carbocycles. The fraction of sp³-hybridized carbons (Fsp3) is 0.625. The van der Waals surface area contributed by atoms with Crippen LogP contribution in [0.15, 0.2) is 24.3 Å². The summed E-state index contributed by atoms with van der Waals surface area (Å²) in [5, 5.41) is 0. The van der Waals surface area contributed by atoms with Gasteiger partial charge in [-0.15, -0.1) is 0 Å². The predicted octanol–water partition coefficient (Wildman–Crippen LogP) is -0.324. The molecule has 0 saturated heterocycles. The highest BCUT2D eigenvalue weighted by molar-refractivity contribution is 5.27. The lowest BCUT2D eigenvalue weighted by Crippen LogP contribution is -3.09. The molecule has 1 aromatic rings. The summed E-state index contributed by atoms with van der Waals surface area (Å²) in [4.78, 5) is 2.96. The van der Waals surface area contributed by atoms with Crippen LogP contribution >= 0.6 is 0 Å². The first-order valence-corrected chi connectivity index (χ1v) is 7.30. The first-order chi connectivity index (χ1) is 8.99. The van der Waals surface area contributed by atoms with Gasteiger partial charge in [0.25, 0.3) is 0 Å². The van der Waals surface area contributed by atoms with Crippen molar-refractivity contribution in [1.29, 1.82) is 0 Å². The lowest BCUT2D eigenvalue weighted by Gasteiger charge is -2.17. The summed E-state index contributed by atoms with van der Waals surface area (Å²) in [7, 11) is 8.75. The summed E-state index contributed by atoms with van der Waals surface area (Å²) in [5.74, 6) is 0.988. The smallest absolute Gasteiger partial charge is 0.119 e. The van der Waals surface area contributed by atoms with Gasteiger partial charge in [0, 0.05) is 12.8 Å². The molecule has 3 nitrogen and oxygen atoms in total. The fourth-order valence-electron chi connectivity index (χ4n) is 1.90. The summed E-state index contributed by atoms with van der Waals surface area (Å²) in [6, 6.07) is 9.21. The molecule has 0 fully saturated rings. The highest BCUT2D eigenvalue weighted by Crippen LogP contribution is 2.13. The molecule has 0 aliphatic carbocycles. The Balaban J connectivity index is 2.35. The average molecular weight is 266 g/mol. The average Bonchev–Trinajstić information content (AvgIpc) is 2.36. The lowest BCUT2D eigenvalue weighted by atomic mass is 10.1. The monoisotopic (exact) mass is 266 g/mol. The molecule has 19 heavy (non-hydrogen) atoms. The minimum Gasteiger partial charge on any atom is -0.493 e. The SMILES string of the molecule is C[C@H](Cc1ccc(OCCC[NH+](C)C)cc1)[NH+](C)C. The second-order valence-electron chi connectivity index (χ2n) is 5.99. The summed E-state index contributed by atoms with van der Waals surface area (Å²) in [6.45, 7) is 4.24. The minimum atomic E-state index is 0.648. The van der Waals surface area contributed by atoms with E-state index in [0.717, 1.165) is 31.7 Å². The van der Waals surface area contributed by atoms with Crippen molar-refractivity contribution in [1.82, 2.24) is 0 Å². The molecule has 1 atom stereocenters. The molecular weight excluding hydrogens is 236 g/mol. The van der Waals surface area contributed by atoms with Crippen LogP contribution in [-0.4, -0.2) is 47.4 Å². The van der Waals surface area contributed by atoms with Crippen molar-refractivity contribution in [3.8, 4) is 5.75 Å². The van der Waals surface area contributed by atoms with E-state index in [9.17, 15) is 0 Å². The molecule has 108 valence electrons. The van der Waals surface area contributed by atoms with Gasteiger partial charge >= 0.3 is 0 Å². The van der Waals surface area contributed by atoms with Crippen LogP contribution in [-0.2, 0) is 6.42 Å². The number of likely N-dealkylation sites (N-methyl/N-ethyl adjacent to an activating group) is 1. The van der Waals surface area contributed by atoms with Gasteiger partial charge in [-0.1, -0.05) is 12.1 Å². The van der Waals surface area contributed by atoms with Gasteiger partial charge < -0.3 is 14.5 Å². The highest BCUT2D eigenvalue weighted by Gasteiger charge is 2.08. The van der Waals surface area contributed by atoms with Crippen LogP contribution in [0, 0.1) is 0 Å². The van der Waals surface area contributed by atoms with Crippen molar-refractivity contribution in [2.45, 2.75) is 25.8 Å². The van der Waals surface area contributed by atoms with Crippen LogP contribution in [0.5, 0.6) is 5.75 Å². The van der Waals surface area contributed by atoms with Crippen molar-refractivity contribution in [2.75, 3.05) is 41.3 Å². The largest absolute Gasteiger partial charge is 0.493 e. The first-order valence-electron chi connectivity index (χ1n) is 7.30. The van der Waals surface area contributed by atoms with Gasteiger partial charge in [-0.3, -0.25) is 0 Å². The van der Waals surface area contributed by atoms with Crippen molar-refractivity contribution < 1.29 is 14.5 Å². The standard InChI is InChI=1S/C16H28N2O/c1-14(18(4)5)13-15-7-9-16(10-8-15)19-12-6-11-17(2)3/h7-10,14H,6,11-13H2,1-5H3/p+2/t14-/m1/s1. The quantitative estimate of drug-likeness (QED) is 0.617. The van der Waals surface area contributed by atoms with E-state index in [-0.39, 0.29) is 0 Å². The van der Waals surface area contributed by atoms with Crippen LogP contribution in [0.2, 0.25) is 0 Å². The zero-order valence-corrected chi connectivity index (χ0v) is 13.1. The topological polar surface area (TPSA) is 18.1 Å². The minimum absolute atomic E-state index is 0.648. The Hall–Kier alpha value is -1.06. The van der Waals surface area contributed by atoms with Gasteiger partial charge in [0.2, 0.25) is 0 Å². The summed E-state index contributed by atoms with van der Waals surface area (Å²) in [6.07, 6.45) is 2.22. The van der Waals surface area contributed by atoms with E-state index in [4.69, 9.17) is 4.74 Å². The van der Waals surface area contributed by atoms with E-state index in [1.807, 2.05) is 0 Å². The van der Waals surface area contributed by atoms with Crippen molar-refractivity contribution >= 4 is 0 Å². The fourth-order valence-corrected chi connectivity index (χ4v) is 1.90. The number of benzene rings is 1. The molecule has 3 heteroatoms. The molecule has 0 aliphatic rings. The molecular formula is C16H30N2O+2. The molecule has 0 heterocycles. The Kier molecular flexibility index (Phi) is 6.89. The molecule has 0 bridgehead atoms. The number of rotatable bonds is 8. The van der Waals surface area contributed by atoms with Gasteiger partial charge in [-0.05, 0) is 24.6 Å². The van der Waals surface area contributed by atoms with E-state index < -0.39 is 0 Å². The predicted molar refractivity (Wildman–Crippen MR) is 80.2 cm³/mol. The Labute approximate surface area is 118 Å². The normalized spacial score (nSPS) is 13.0. The molecule has 1 rings (SSSR count). The maximum absolute atomic E-state index is 5.75. The number of ether oxygens (including phenoxy) is 1. The third kappa shape index (κ3) is 6.60. The summed E-state index contributed by atoms with van der Waals surface area (Å²) >= 11 is 0. The van der Waals surface area contributed by atoms with Crippen LogP contribution in [0.1, 0.15) is 18.9 Å². The van der Waals surface area contributed by atoms with Gasteiger partial charge in [0.1, 0.15) is 5.75 Å². The van der Waals surface area contributed by atoms with E-state index >= 15 is 0 Å². The summed E-state index contributed by atoms with van der Waals surface area (Å²) in [5.41, 5.74) is 1.39. The number of hydrogen-bond acceptors (Lipinski definition) is 1. The number of nitrogens with one attached hydrogen (secondary N) is 2. The Bertz CT molecular complexity index is 346. The van der Waals surface area contributed by atoms with Gasteiger partial charge in [-0.25, -0.2) is 0 Å². The second-order valence-corrected chi connectivity index (χ2v) is 5.99. The number of quaternary nitrogens is 2. The molecule has 0 aromatic heterocycles. The molecule has 0 aliphatic heterocycles. The van der Waals surface area contributed by atoms with E-state index in [1.165, 1.54) is 15.4 Å². The van der Waals surface area contributed by atoms with Gasteiger partial charge in [-0.2, -0.15) is 0 Å². The van der Waals surface area contributed by atoms with Crippen LogP contribution in [0.25, 0.3) is 0 Å². The molecule has 2 N–H and O–H groups in total. The van der Waals surface area contributed by atoms with Crippen molar-refractivity contribution in [3.05, 3.63) is 29.8 Å². The Morgan fingerprint density at radius 2 is 1.68 bits per heavy atom. The zero-order chi connectivity index (χ0) is 14.3. The molecule has 0 saturated carbocycles. The lowest BCUT2D eigenvalue weighted by molar-refractivity contribution is -0.883. The second kappa shape index (κ2) is 8.18. The van der Waals surface area contributed by atoms with Crippen LogP contribution in [0.3, 0.4) is 0 Å². The molecule has 0 spiro atoms. The molecule has 0 amide bonds. The molecule has 0 radical (unpaired) electrons. The Morgan fingerprint density at radius 3 is 2.21 bits per heavy atom. The zero-order valence-electron chi connectivity index (χ0n) is 13.1. The maximum Gasteiger partial charge on any atom is 0.119 e. The third-order valence-electron chi connectivity index (χ3n) is 3.54. The summed E-state index contributed by atoms with van der Waals surface area (Å²) < 4.78 is 5.75. The first kappa shape index (κ1) is 16.0. The molecule has 0 unspecified atom stereocenters. The van der Waals surface area contributed by atoms with E-state index in [2.05, 4.69) is 59.4 Å². The van der Waals surface area contributed by atoms with E-state index in [1.54, 1.807) is 0 Å². The van der Waals surface area contributed by atoms with Crippen molar-refractivity contribution in [3.63, 3.8) is 0 Å². The van der Waals surface area contributed by atoms with E-state index in [0.29, 0.717) is 6.04 Å². The maximum atomic E-state index is 5.75. The van der Waals surface area contributed by atoms with Gasteiger partial charge in [0.15, 0.2) is 0 Å². The van der Waals surface area contributed by atoms with Crippen molar-refractivity contribution in [2.24, 2.45) is 0 Å². The Morgan fingerprint density at radius 1 is 1.05 bits per heavy atom. The highest BCUT2D eigenvalue weighted by atomic mass is 16.5. The van der Waals surface area contributed by atoms with Crippen LogP contribution in [0.4, 0.5) is 0 Å². The van der Waals surface area contributed by atoms with Crippen LogP contribution < -0.4 is 14.5 Å².